The Morgan fingerprint density at radius 3 is 3.04 bits per heavy atom. The third-order valence-electron chi connectivity index (χ3n) is 6.01. The molecule has 130 valence electrons. The first-order valence-corrected chi connectivity index (χ1v) is 11.1. The van der Waals surface area contributed by atoms with Crippen molar-refractivity contribution < 1.29 is 4.90 Å². The Hall–Kier alpha value is -1.10. The zero-order valence-electron chi connectivity index (χ0n) is 14.6. The van der Waals surface area contributed by atoms with Gasteiger partial charge in [-0.05, 0) is 59.5 Å². The standard InChI is InChI=1S/C21H23BrN2S/c1-14-6-7-19-18(10-14)17-4-2-5-20-21(17)24(19)9-3-8-23(20)12-16-11-15(22)13-25-16/h6-7,10-11,13,20H,2-5,8-9,12H2,1H3/p+1/t20-/m1/s1. The van der Waals surface area contributed by atoms with Crippen molar-refractivity contribution in [2.24, 2.45) is 0 Å². The van der Waals surface area contributed by atoms with Gasteiger partial charge in [-0.2, -0.15) is 0 Å². The highest BCUT2D eigenvalue weighted by atomic mass is 79.9. The largest absolute Gasteiger partial charge is 0.339 e. The third kappa shape index (κ3) is 2.70. The van der Waals surface area contributed by atoms with Gasteiger partial charge in [0, 0.05) is 40.1 Å². The summed E-state index contributed by atoms with van der Waals surface area (Å²) in [7, 11) is 0. The summed E-state index contributed by atoms with van der Waals surface area (Å²) in [5.41, 5.74) is 6.18. The van der Waals surface area contributed by atoms with E-state index < -0.39 is 0 Å². The Kier molecular flexibility index (Phi) is 4.03. The first-order chi connectivity index (χ1) is 12.2. The number of nitrogens with one attached hydrogen (secondary N) is 1. The van der Waals surface area contributed by atoms with Gasteiger partial charge in [-0.25, -0.2) is 0 Å². The van der Waals surface area contributed by atoms with Gasteiger partial charge in [-0.15, -0.1) is 11.3 Å². The second-order valence-electron chi connectivity index (χ2n) is 7.65. The molecule has 3 heterocycles. The quantitative estimate of drug-likeness (QED) is 0.624. The second-order valence-corrected chi connectivity index (χ2v) is 9.56. The highest BCUT2D eigenvalue weighted by Gasteiger charge is 2.36. The summed E-state index contributed by atoms with van der Waals surface area (Å²) < 4.78 is 3.90. The molecule has 2 atom stereocenters. The smallest absolute Gasteiger partial charge is 0.129 e. The van der Waals surface area contributed by atoms with Crippen LogP contribution in [0.4, 0.5) is 0 Å². The summed E-state index contributed by atoms with van der Waals surface area (Å²) in [4.78, 5) is 3.28. The van der Waals surface area contributed by atoms with Crippen molar-refractivity contribution in [1.29, 1.82) is 0 Å². The molecule has 0 saturated heterocycles. The van der Waals surface area contributed by atoms with Crippen LogP contribution < -0.4 is 4.90 Å². The molecule has 0 saturated carbocycles. The molecule has 0 radical (unpaired) electrons. The Labute approximate surface area is 161 Å². The van der Waals surface area contributed by atoms with Crippen LogP contribution in [0.15, 0.2) is 34.1 Å². The van der Waals surface area contributed by atoms with E-state index in [1.807, 2.05) is 11.3 Å². The van der Waals surface area contributed by atoms with Crippen LogP contribution in [0, 0.1) is 6.92 Å². The number of hydrogen-bond donors (Lipinski definition) is 1. The van der Waals surface area contributed by atoms with Crippen LogP contribution in [0.25, 0.3) is 10.9 Å². The Morgan fingerprint density at radius 1 is 1.28 bits per heavy atom. The van der Waals surface area contributed by atoms with Crippen LogP contribution in [0.1, 0.15) is 47.0 Å². The predicted octanol–water partition coefficient (Wildman–Crippen LogP) is 4.64. The molecule has 1 aromatic carbocycles. The Morgan fingerprint density at radius 2 is 2.20 bits per heavy atom. The van der Waals surface area contributed by atoms with Crippen molar-refractivity contribution in [3.63, 3.8) is 0 Å². The molecule has 2 aromatic heterocycles. The zero-order valence-corrected chi connectivity index (χ0v) is 17.0. The maximum Gasteiger partial charge on any atom is 0.129 e. The van der Waals surface area contributed by atoms with Gasteiger partial charge in [-0.1, -0.05) is 11.6 Å². The van der Waals surface area contributed by atoms with E-state index in [0.29, 0.717) is 6.04 Å². The van der Waals surface area contributed by atoms with Crippen LogP contribution in [0.3, 0.4) is 0 Å². The molecule has 1 aliphatic carbocycles. The highest BCUT2D eigenvalue weighted by Crippen LogP contribution is 2.37. The molecule has 1 N–H and O–H groups in total. The van der Waals surface area contributed by atoms with E-state index in [0.717, 1.165) is 0 Å². The lowest BCUT2D eigenvalue weighted by molar-refractivity contribution is -0.945. The van der Waals surface area contributed by atoms with E-state index >= 15 is 0 Å². The van der Waals surface area contributed by atoms with E-state index in [1.54, 1.807) is 16.2 Å². The minimum atomic E-state index is 0.667. The topological polar surface area (TPSA) is 9.37 Å². The Balaban J connectivity index is 1.61. The number of fused-ring (bicyclic) bond motifs is 3. The molecule has 1 unspecified atom stereocenters. The van der Waals surface area contributed by atoms with Gasteiger partial charge in [0.25, 0.3) is 0 Å². The molecule has 3 aromatic rings. The number of quaternary nitrogens is 1. The number of halogens is 1. The van der Waals surface area contributed by atoms with Gasteiger partial charge >= 0.3 is 0 Å². The number of thiophene rings is 1. The molecule has 0 fully saturated rings. The van der Waals surface area contributed by atoms with Gasteiger partial charge < -0.3 is 9.47 Å². The molecule has 0 amide bonds. The molecule has 0 spiro atoms. The summed E-state index contributed by atoms with van der Waals surface area (Å²) in [5.74, 6) is 0. The first-order valence-electron chi connectivity index (χ1n) is 9.40. The SMILES string of the molecule is Cc1ccc2c(c1)c1c3n2CCC[NH+](Cc2cc(Br)cs2)[C@@H]3CCC1. The number of rotatable bonds is 2. The molecule has 4 heteroatoms. The van der Waals surface area contributed by atoms with Crippen molar-refractivity contribution in [3.05, 3.63) is 55.8 Å². The molecule has 2 nitrogen and oxygen atoms in total. The minimum absolute atomic E-state index is 0.667. The van der Waals surface area contributed by atoms with Crippen molar-refractivity contribution in [1.82, 2.24) is 4.57 Å². The van der Waals surface area contributed by atoms with E-state index in [9.17, 15) is 0 Å². The zero-order chi connectivity index (χ0) is 17.0. The lowest BCUT2D eigenvalue weighted by Gasteiger charge is -2.30. The highest BCUT2D eigenvalue weighted by molar-refractivity contribution is 9.10. The molecule has 1 aliphatic heterocycles. The van der Waals surface area contributed by atoms with E-state index in [1.165, 1.54) is 71.1 Å². The van der Waals surface area contributed by atoms with Gasteiger partial charge in [0.1, 0.15) is 12.6 Å². The number of aromatic nitrogens is 1. The molecular weight excluding hydrogens is 392 g/mol. The summed E-state index contributed by atoms with van der Waals surface area (Å²) in [6, 6.07) is 10.0. The number of benzene rings is 1. The molecule has 2 aliphatic rings. The average molecular weight is 416 g/mol. The van der Waals surface area contributed by atoms with Crippen LogP contribution >= 0.6 is 27.3 Å². The fourth-order valence-corrected chi connectivity index (χ4v) is 6.50. The lowest BCUT2D eigenvalue weighted by Crippen LogP contribution is -3.11. The maximum atomic E-state index is 3.62. The summed E-state index contributed by atoms with van der Waals surface area (Å²) >= 11 is 5.52. The summed E-state index contributed by atoms with van der Waals surface area (Å²) in [6.45, 7) is 5.86. The Bertz CT molecular complexity index is 935. The molecular formula is C21H24BrN2S+. The van der Waals surface area contributed by atoms with Crippen molar-refractivity contribution >= 4 is 38.2 Å². The fourth-order valence-electron chi connectivity index (χ4n) is 5.00. The van der Waals surface area contributed by atoms with Crippen LogP contribution in [-0.4, -0.2) is 11.1 Å². The lowest BCUT2D eigenvalue weighted by atomic mass is 9.90. The van der Waals surface area contributed by atoms with E-state index in [4.69, 9.17) is 0 Å². The van der Waals surface area contributed by atoms with Crippen molar-refractivity contribution in [3.8, 4) is 0 Å². The summed E-state index contributed by atoms with van der Waals surface area (Å²) in [5, 5.41) is 3.75. The van der Waals surface area contributed by atoms with Gasteiger partial charge in [0.2, 0.25) is 0 Å². The van der Waals surface area contributed by atoms with Crippen LogP contribution in [0.2, 0.25) is 0 Å². The predicted molar refractivity (Wildman–Crippen MR) is 109 cm³/mol. The van der Waals surface area contributed by atoms with Gasteiger partial charge in [-0.3, -0.25) is 0 Å². The van der Waals surface area contributed by atoms with Crippen LogP contribution in [0.5, 0.6) is 0 Å². The molecule has 5 rings (SSSR count). The van der Waals surface area contributed by atoms with E-state index in [-0.39, 0.29) is 0 Å². The van der Waals surface area contributed by atoms with Crippen molar-refractivity contribution in [2.75, 3.05) is 6.54 Å². The van der Waals surface area contributed by atoms with Gasteiger partial charge in [0.05, 0.1) is 17.1 Å². The summed E-state index contributed by atoms with van der Waals surface area (Å²) in [6.07, 6.45) is 5.21. The average Bonchev–Trinajstić information content (AvgIpc) is 3.09. The van der Waals surface area contributed by atoms with E-state index in [2.05, 4.69) is 57.1 Å². The minimum Gasteiger partial charge on any atom is -0.339 e. The molecule has 25 heavy (non-hydrogen) atoms. The van der Waals surface area contributed by atoms with Crippen molar-refractivity contribution in [2.45, 2.75) is 51.7 Å². The first kappa shape index (κ1) is 16.1. The maximum absolute atomic E-state index is 3.62. The number of nitrogens with zero attached hydrogens (tertiary/aromatic N) is 1. The van der Waals surface area contributed by atoms with Gasteiger partial charge in [0.15, 0.2) is 0 Å². The fraction of sp³-hybridized carbons (Fsp3) is 0.429. The number of hydrogen-bond acceptors (Lipinski definition) is 1. The second kappa shape index (κ2) is 6.26. The van der Waals surface area contributed by atoms with Crippen LogP contribution in [-0.2, 0) is 19.5 Å². The normalized spacial score (nSPS) is 22.8. The third-order valence-corrected chi connectivity index (χ3v) is 7.71. The molecule has 0 bridgehead atoms. The number of aryl methyl sites for hydroxylation is 3. The monoisotopic (exact) mass is 415 g/mol.